The van der Waals surface area contributed by atoms with Crippen LogP contribution in [0.1, 0.15) is 29.8 Å². The number of benzene rings is 1. The standard InChI is InChI=1S/C12H15FOS/c1-8(2)15-7-12(14)10-6-9(3)4-5-11(10)13/h4-6,8H,7H2,1-3H3. The van der Waals surface area contributed by atoms with Crippen molar-refractivity contribution in [3.8, 4) is 0 Å². The van der Waals surface area contributed by atoms with Gasteiger partial charge in [0, 0.05) is 0 Å². The Morgan fingerprint density at radius 3 is 2.73 bits per heavy atom. The fraction of sp³-hybridized carbons (Fsp3) is 0.417. The molecule has 1 aromatic rings. The maximum Gasteiger partial charge on any atom is 0.175 e. The molecule has 0 aromatic heterocycles. The van der Waals surface area contributed by atoms with E-state index in [2.05, 4.69) is 0 Å². The summed E-state index contributed by atoms with van der Waals surface area (Å²) in [6, 6.07) is 4.63. The number of ketones is 1. The Morgan fingerprint density at radius 2 is 2.13 bits per heavy atom. The largest absolute Gasteiger partial charge is 0.293 e. The van der Waals surface area contributed by atoms with Crippen LogP contribution in [0.25, 0.3) is 0 Å². The molecular formula is C12H15FOS. The van der Waals surface area contributed by atoms with Gasteiger partial charge in [-0.3, -0.25) is 4.79 Å². The van der Waals surface area contributed by atoms with Gasteiger partial charge in [-0.1, -0.05) is 25.5 Å². The maximum atomic E-state index is 13.3. The molecule has 0 bridgehead atoms. The van der Waals surface area contributed by atoms with Crippen LogP contribution in [-0.2, 0) is 0 Å². The molecule has 0 aliphatic rings. The summed E-state index contributed by atoms with van der Waals surface area (Å²) in [7, 11) is 0. The van der Waals surface area contributed by atoms with E-state index in [1.54, 1.807) is 12.1 Å². The molecule has 1 rings (SSSR count). The van der Waals surface area contributed by atoms with Gasteiger partial charge in [-0.25, -0.2) is 4.39 Å². The second kappa shape index (κ2) is 5.31. The monoisotopic (exact) mass is 226 g/mol. The highest BCUT2D eigenvalue weighted by Crippen LogP contribution is 2.15. The van der Waals surface area contributed by atoms with E-state index in [-0.39, 0.29) is 11.3 Å². The number of carbonyl (C=O) groups excluding carboxylic acids is 1. The highest BCUT2D eigenvalue weighted by Gasteiger charge is 2.12. The Bertz CT molecular complexity index is 361. The zero-order valence-electron chi connectivity index (χ0n) is 9.21. The third-order valence-electron chi connectivity index (χ3n) is 1.97. The molecule has 0 atom stereocenters. The molecule has 0 unspecified atom stereocenters. The van der Waals surface area contributed by atoms with Crippen molar-refractivity contribution < 1.29 is 9.18 Å². The Balaban J connectivity index is 2.77. The summed E-state index contributed by atoms with van der Waals surface area (Å²) in [5.74, 6) is -0.206. The quantitative estimate of drug-likeness (QED) is 0.731. The lowest BCUT2D eigenvalue weighted by atomic mass is 10.1. The topological polar surface area (TPSA) is 17.1 Å². The summed E-state index contributed by atoms with van der Waals surface area (Å²) in [4.78, 5) is 11.7. The van der Waals surface area contributed by atoms with Gasteiger partial charge in [-0.15, -0.1) is 0 Å². The second-order valence-electron chi connectivity index (χ2n) is 3.77. The molecule has 0 heterocycles. The van der Waals surface area contributed by atoms with Gasteiger partial charge in [0.1, 0.15) is 5.82 Å². The van der Waals surface area contributed by atoms with Crippen LogP contribution in [-0.4, -0.2) is 16.8 Å². The van der Waals surface area contributed by atoms with E-state index in [0.717, 1.165) is 5.56 Å². The van der Waals surface area contributed by atoms with Crippen molar-refractivity contribution in [2.45, 2.75) is 26.0 Å². The van der Waals surface area contributed by atoms with Gasteiger partial charge in [0.2, 0.25) is 0 Å². The minimum atomic E-state index is -0.421. The van der Waals surface area contributed by atoms with Crippen molar-refractivity contribution in [3.63, 3.8) is 0 Å². The number of carbonyl (C=O) groups is 1. The van der Waals surface area contributed by atoms with Crippen molar-refractivity contribution in [1.29, 1.82) is 0 Å². The van der Waals surface area contributed by atoms with Gasteiger partial charge in [0.25, 0.3) is 0 Å². The van der Waals surface area contributed by atoms with Crippen LogP contribution in [0.4, 0.5) is 4.39 Å². The third kappa shape index (κ3) is 3.67. The van der Waals surface area contributed by atoms with E-state index in [1.165, 1.54) is 17.8 Å². The van der Waals surface area contributed by atoms with Crippen molar-refractivity contribution in [2.75, 3.05) is 5.75 Å². The molecular weight excluding hydrogens is 211 g/mol. The number of rotatable bonds is 4. The van der Waals surface area contributed by atoms with E-state index in [9.17, 15) is 9.18 Å². The number of thioether (sulfide) groups is 1. The fourth-order valence-corrected chi connectivity index (χ4v) is 1.81. The first-order valence-corrected chi connectivity index (χ1v) is 5.96. The Kier molecular flexibility index (Phi) is 4.33. The molecule has 0 spiro atoms. The molecule has 0 aliphatic carbocycles. The molecule has 82 valence electrons. The first-order valence-electron chi connectivity index (χ1n) is 4.91. The van der Waals surface area contributed by atoms with Gasteiger partial charge in [0.05, 0.1) is 11.3 Å². The Hall–Kier alpha value is -0.830. The van der Waals surface area contributed by atoms with E-state index >= 15 is 0 Å². The van der Waals surface area contributed by atoms with Crippen molar-refractivity contribution in [2.24, 2.45) is 0 Å². The lowest BCUT2D eigenvalue weighted by molar-refractivity contribution is 0.101. The Labute approximate surface area is 94.1 Å². The molecule has 0 fully saturated rings. The SMILES string of the molecule is Cc1ccc(F)c(C(=O)CSC(C)C)c1. The molecule has 1 nitrogen and oxygen atoms in total. The predicted molar refractivity (Wildman–Crippen MR) is 63.1 cm³/mol. The minimum Gasteiger partial charge on any atom is -0.293 e. The Morgan fingerprint density at radius 1 is 1.47 bits per heavy atom. The molecule has 15 heavy (non-hydrogen) atoms. The normalized spacial score (nSPS) is 10.7. The van der Waals surface area contributed by atoms with Gasteiger partial charge in [0.15, 0.2) is 5.78 Å². The zero-order valence-corrected chi connectivity index (χ0v) is 10.0. The minimum absolute atomic E-state index is 0.130. The van der Waals surface area contributed by atoms with Gasteiger partial charge < -0.3 is 0 Å². The average Bonchev–Trinajstić information content (AvgIpc) is 2.18. The number of hydrogen-bond donors (Lipinski definition) is 0. The number of halogens is 1. The smallest absolute Gasteiger partial charge is 0.175 e. The molecule has 0 saturated carbocycles. The fourth-order valence-electron chi connectivity index (χ4n) is 1.17. The molecule has 0 aliphatic heterocycles. The maximum absolute atomic E-state index is 13.3. The van der Waals surface area contributed by atoms with Crippen LogP contribution in [0.15, 0.2) is 18.2 Å². The van der Waals surface area contributed by atoms with E-state index < -0.39 is 5.82 Å². The lowest BCUT2D eigenvalue weighted by Crippen LogP contribution is -2.07. The van der Waals surface area contributed by atoms with E-state index in [1.807, 2.05) is 20.8 Å². The lowest BCUT2D eigenvalue weighted by Gasteiger charge is -2.05. The van der Waals surface area contributed by atoms with E-state index in [4.69, 9.17) is 0 Å². The molecule has 0 radical (unpaired) electrons. The summed E-state index contributed by atoms with van der Waals surface area (Å²) in [5.41, 5.74) is 1.12. The number of Topliss-reactive ketones (excluding diaryl/α,β-unsaturated/α-hetero) is 1. The van der Waals surface area contributed by atoms with Crippen molar-refractivity contribution in [1.82, 2.24) is 0 Å². The summed E-state index contributed by atoms with van der Waals surface area (Å²) in [5, 5.41) is 0.391. The molecule has 0 saturated heterocycles. The van der Waals surface area contributed by atoms with Gasteiger partial charge >= 0.3 is 0 Å². The average molecular weight is 226 g/mol. The van der Waals surface area contributed by atoms with Gasteiger partial charge in [-0.2, -0.15) is 11.8 Å². The molecule has 3 heteroatoms. The van der Waals surface area contributed by atoms with E-state index in [0.29, 0.717) is 11.0 Å². The predicted octanol–water partition coefficient (Wildman–Crippen LogP) is 3.46. The molecule has 1 aromatic carbocycles. The van der Waals surface area contributed by atoms with Crippen molar-refractivity contribution >= 4 is 17.5 Å². The second-order valence-corrected chi connectivity index (χ2v) is 5.33. The first-order chi connectivity index (χ1) is 7.00. The number of hydrogen-bond acceptors (Lipinski definition) is 2. The summed E-state index contributed by atoms with van der Waals surface area (Å²) >= 11 is 1.53. The van der Waals surface area contributed by atoms with Crippen molar-refractivity contribution in [3.05, 3.63) is 35.1 Å². The van der Waals surface area contributed by atoms with Gasteiger partial charge in [-0.05, 0) is 24.3 Å². The summed E-state index contributed by atoms with van der Waals surface area (Å²) in [6.07, 6.45) is 0. The van der Waals surface area contributed by atoms with Crippen LogP contribution in [0.2, 0.25) is 0 Å². The van der Waals surface area contributed by atoms with Crippen LogP contribution in [0, 0.1) is 12.7 Å². The third-order valence-corrected chi connectivity index (χ3v) is 3.07. The highest BCUT2D eigenvalue weighted by atomic mass is 32.2. The van der Waals surface area contributed by atoms with Crippen LogP contribution < -0.4 is 0 Å². The molecule has 0 amide bonds. The number of aryl methyl sites for hydroxylation is 1. The molecule has 0 N–H and O–H groups in total. The van der Waals surface area contributed by atoms with Crippen LogP contribution >= 0.6 is 11.8 Å². The van der Waals surface area contributed by atoms with Crippen LogP contribution in [0.5, 0.6) is 0 Å². The highest BCUT2D eigenvalue weighted by molar-refractivity contribution is 8.00. The summed E-state index contributed by atoms with van der Waals surface area (Å²) in [6.45, 7) is 5.89. The first kappa shape index (κ1) is 12.2. The zero-order chi connectivity index (χ0) is 11.4. The summed E-state index contributed by atoms with van der Waals surface area (Å²) < 4.78 is 13.3. The van der Waals surface area contributed by atoms with Crippen LogP contribution in [0.3, 0.4) is 0 Å².